The normalized spacial score (nSPS) is 10.7. The fourth-order valence-corrected chi connectivity index (χ4v) is 1.88. The highest BCUT2D eigenvalue weighted by Crippen LogP contribution is 2.14. The largest absolute Gasteiger partial charge is 0.347 e. The molecule has 0 heterocycles. The van der Waals surface area contributed by atoms with Gasteiger partial charge in [0.15, 0.2) is 0 Å². The van der Waals surface area contributed by atoms with Gasteiger partial charge in [0.05, 0.1) is 4.92 Å². The van der Waals surface area contributed by atoms with Gasteiger partial charge in [0, 0.05) is 18.7 Å². The van der Waals surface area contributed by atoms with Gasteiger partial charge < -0.3 is 5.32 Å². The van der Waals surface area contributed by atoms with E-state index in [9.17, 15) is 14.9 Å². The third-order valence-electron chi connectivity index (χ3n) is 3.08. The molecule has 1 amide bonds. The van der Waals surface area contributed by atoms with Crippen LogP contribution < -0.4 is 5.32 Å². The Morgan fingerprint density at radius 2 is 1.83 bits per heavy atom. The van der Waals surface area contributed by atoms with Crippen LogP contribution in [0, 0.1) is 21.4 Å². The number of carbonyl (C=O) groups excluding carboxylic acids is 1. The maximum Gasteiger partial charge on any atom is 0.269 e. The fourth-order valence-electron chi connectivity index (χ4n) is 1.88. The molecular formula is C17H13N3O3. The number of nitrogens with one attached hydrogen (secondary N) is 1. The second kappa shape index (κ2) is 7.52. The molecule has 6 nitrogen and oxygen atoms in total. The van der Waals surface area contributed by atoms with Gasteiger partial charge in [-0.2, -0.15) is 5.26 Å². The maximum atomic E-state index is 12.0. The standard InChI is InChI=1S/C17H13N3O3/c18-11-15(10-13-6-8-16(9-7-13)20(22)23)17(21)19-12-14-4-2-1-3-5-14/h1-10H,12H2,(H,19,21). The van der Waals surface area contributed by atoms with Gasteiger partial charge in [-0.15, -0.1) is 0 Å². The summed E-state index contributed by atoms with van der Waals surface area (Å²) in [6.07, 6.45) is 1.39. The zero-order valence-electron chi connectivity index (χ0n) is 12.1. The van der Waals surface area contributed by atoms with Crippen LogP contribution in [0.15, 0.2) is 60.2 Å². The average Bonchev–Trinajstić information content (AvgIpc) is 2.59. The number of carbonyl (C=O) groups is 1. The molecule has 23 heavy (non-hydrogen) atoms. The van der Waals surface area contributed by atoms with Crippen molar-refractivity contribution < 1.29 is 9.72 Å². The molecule has 0 saturated heterocycles. The van der Waals surface area contributed by atoms with E-state index in [1.54, 1.807) is 0 Å². The zero-order valence-corrected chi connectivity index (χ0v) is 12.1. The molecule has 2 aromatic rings. The number of non-ortho nitro benzene ring substituents is 1. The van der Waals surface area contributed by atoms with Crippen molar-refractivity contribution in [3.63, 3.8) is 0 Å². The minimum Gasteiger partial charge on any atom is -0.347 e. The van der Waals surface area contributed by atoms with Gasteiger partial charge in [0.25, 0.3) is 11.6 Å². The summed E-state index contributed by atoms with van der Waals surface area (Å²) >= 11 is 0. The van der Waals surface area contributed by atoms with Gasteiger partial charge in [0.1, 0.15) is 11.6 Å². The number of nitro groups is 1. The first-order valence-electron chi connectivity index (χ1n) is 6.78. The Morgan fingerprint density at radius 3 is 2.39 bits per heavy atom. The van der Waals surface area contributed by atoms with E-state index in [1.807, 2.05) is 36.4 Å². The van der Waals surface area contributed by atoms with Crippen LogP contribution in [0.25, 0.3) is 6.08 Å². The van der Waals surface area contributed by atoms with Crippen LogP contribution in [0.1, 0.15) is 11.1 Å². The second-order valence-electron chi connectivity index (χ2n) is 4.69. The van der Waals surface area contributed by atoms with Crippen molar-refractivity contribution in [1.82, 2.24) is 5.32 Å². The molecule has 0 fully saturated rings. The Balaban J connectivity index is 2.07. The van der Waals surface area contributed by atoms with Gasteiger partial charge in [-0.1, -0.05) is 30.3 Å². The highest BCUT2D eigenvalue weighted by molar-refractivity contribution is 6.01. The van der Waals surface area contributed by atoms with E-state index in [2.05, 4.69) is 5.32 Å². The minimum atomic E-state index is -0.509. The molecule has 2 rings (SSSR count). The first-order valence-corrected chi connectivity index (χ1v) is 6.78. The number of nitriles is 1. The molecule has 0 aliphatic rings. The van der Waals surface area contributed by atoms with E-state index in [4.69, 9.17) is 5.26 Å². The van der Waals surface area contributed by atoms with E-state index < -0.39 is 10.8 Å². The molecule has 0 spiro atoms. The van der Waals surface area contributed by atoms with Crippen molar-refractivity contribution in [1.29, 1.82) is 5.26 Å². The number of benzene rings is 2. The molecule has 6 heteroatoms. The molecule has 2 aromatic carbocycles. The van der Waals surface area contributed by atoms with Crippen molar-refractivity contribution in [3.05, 3.63) is 81.4 Å². The highest BCUT2D eigenvalue weighted by Gasteiger charge is 2.09. The van der Waals surface area contributed by atoms with Gasteiger partial charge in [-0.3, -0.25) is 14.9 Å². The highest BCUT2D eigenvalue weighted by atomic mass is 16.6. The number of nitrogens with zero attached hydrogens (tertiary/aromatic N) is 2. The molecule has 0 radical (unpaired) electrons. The van der Waals surface area contributed by atoms with Crippen molar-refractivity contribution in [2.75, 3.05) is 0 Å². The zero-order chi connectivity index (χ0) is 16.7. The number of rotatable bonds is 5. The van der Waals surface area contributed by atoms with Crippen LogP contribution in [-0.2, 0) is 11.3 Å². The van der Waals surface area contributed by atoms with Gasteiger partial charge in [-0.25, -0.2) is 0 Å². The van der Waals surface area contributed by atoms with Crippen LogP contribution in [0.4, 0.5) is 5.69 Å². The maximum absolute atomic E-state index is 12.0. The Hall–Kier alpha value is -3.46. The lowest BCUT2D eigenvalue weighted by molar-refractivity contribution is -0.384. The van der Waals surface area contributed by atoms with Crippen molar-refractivity contribution >= 4 is 17.7 Å². The predicted molar refractivity (Wildman–Crippen MR) is 85.0 cm³/mol. The van der Waals surface area contributed by atoms with E-state index >= 15 is 0 Å². The molecule has 0 saturated carbocycles. The summed E-state index contributed by atoms with van der Waals surface area (Å²) in [4.78, 5) is 22.1. The van der Waals surface area contributed by atoms with Crippen LogP contribution in [0.5, 0.6) is 0 Å². The van der Waals surface area contributed by atoms with Crippen LogP contribution in [-0.4, -0.2) is 10.8 Å². The predicted octanol–water partition coefficient (Wildman–Crippen LogP) is 2.82. The number of hydrogen-bond acceptors (Lipinski definition) is 4. The molecule has 1 N–H and O–H groups in total. The summed E-state index contributed by atoms with van der Waals surface area (Å²) in [5.74, 6) is -0.491. The van der Waals surface area contributed by atoms with E-state index in [0.717, 1.165) is 5.56 Å². The van der Waals surface area contributed by atoms with Crippen molar-refractivity contribution in [3.8, 4) is 6.07 Å². The molecule has 0 aliphatic heterocycles. The Bertz CT molecular complexity index is 775. The molecule has 0 unspecified atom stereocenters. The third kappa shape index (κ3) is 4.51. The van der Waals surface area contributed by atoms with Gasteiger partial charge in [-0.05, 0) is 29.3 Å². The average molecular weight is 307 g/mol. The smallest absolute Gasteiger partial charge is 0.269 e. The molecular weight excluding hydrogens is 294 g/mol. The fraction of sp³-hybridized carbons (Fsp3) is 0.0588. The summed E-state index contributed by atoms with van der Waals surface area (Å²) in [6, 6.07) is 16.8. The SMILES string of the molecule is N#CC(=Cc1ccc([N+](=O)[O-])cc1)C(=O)NCc1ccccc1. The van der Waals surface area contributed by atoms with Crippen LogP contribution in [0.3, 0.4) is 0 Å². The topological polar surface area (TPSA) is 96.0 Å². The van der Waals surface area contributed by atoms with Crippen LogP contribution >= 0.6 is 0 Å². The van der Waals surface area contributed by atoms with E-state index in [0.29, 0.717) is 12.1 Å². The summed E-state index contributed by atoms with van der Waals surface area (Å²) < 4.78 is 0. The monoisotopic (exact) mass is 307 g/mol. The second-order valence-corrected chi connectivity index (χ2v) is 4.69. The van der Waals surface area contributed by atoms with Gasteiger partial charge in [0.2, 0.25) is 0 Å². The third-order valence-corrected chi connectivity index (χ3v) is 3.08. The quantitative estimate of drug-likeness (QED) is 0.397. The Labute approximate surface area is 132 Å². The van der Waals surface area contributed by atoms with E-state index in [-0.39, 0.29) is 11.3 Å². The van der Waals surface area contributed by atoms with Crippen molar-refractivity contribution in [2.24, 2.45) is 0 Å². The molecule has 0 aliphatic carbocycles. The molecule has 114 valence electrons. The lowest BCUT2D eigenvalue weighted by Gasteiger charge is -2.04. The first kappa shape index (κ1) is 15.9. The minimum absolute atomic E-state index is 0.0470. The summed E-state index contributed by atoms with van der Waals surface area (Å²) in [6.45, 7) is 0.318. The summed E-state index contributed by atoms with van der Waals surface area (Å²) in [7, 11) is 0. The van der Waals surface area contributed by atoms with Crippen molar-refractivity contribution in [2.45, 2.75) is 6.54 Å². The number of nitro benzene ring substituents is 1. The molecule has 0 aromatic heterocycles. The Morgan fingerprint density at radius 1 is 1.17 bits per heavy atom. The lowest BCUT2D eigenvalue weighted by atomic mass is 10.1. The van der Waals surface area contributed by atoms with E-state index in [1.165, 1.54) is 30.3 Å². The molecule has 0 atom stereocenters. The summed E-state index contributed by atoms with van der Waals surface area (Å²) in [5, 5.41) is 22.4. The van der Waals surface area contributed by atoms with Crippen LogP contribution in [0.2, 0.25) is 0 Å². The summed E-state index contributed by atoms with van der Waals surface area (Å²) in [5.41, 5.74) is 1.36. The first-order chi connectivity index (χ1) is 11.1. The number of hydrogen-bond donors (Lipinski definition) is 1. The Kier molecular flexibility index (Phi) is 5.21. The lowest BCUT2D eigenvalue weighted by Crippen LogP contribution is -2.23. The molecule has 0 bridgehead atoms. The van der Waals surface area contributed by atoms with Gasteiger partial charge >= 0.3 is 0 Å². The number of amides is 1.